The lowest BCUT2D eigenvalue weighted by molar-refractivity contribution is 0.0324. The third-order valence-corrected chi connectivity index (χ3v) is 4.88. The monoisotopic (exact) mass is 268 g/mol. The maximum atomic E-state index is 5.74. The minimum absolute atomic E-state index is 0.425. The largest absolute Gasteiger partial charge is 0.380 e. The summed E-state index contributed by atoms with van der Waals surface area (Å²) in [6.07, 6.45) is 9.40. The van der Waals surface area contributed by atoms with Crippen molar-refractivity contribution < 1.29 is 4.74 Å². The van der Waals surface area contributed by atoms with Crippen molar-refractivity contribution in [1.29, 1.82) is 0 Å². The van der Waals surface area contributed by atoms with Gasteiger partial charge in [-0.1, -0.05) is 32.6 Å². The van der Waals surface area contributed by atoms with Gasteiger partial charge >= 0.3 is 0 Å². The summed E-state index contributed by atoms with van der Waals surface area (Å²) in [4.78, 5) is 2.65. The van der Waals surface area contributed by atoms with Crippen LogP contribution in [0.15, 0.2) is 0 Å². The molecule has 0 amide bonds. The van der Waals surface area contributed by atoms with E-state index in [-0.39, 0.29) is 0 Å². The Morgan fingerprint density at radius 1 is 1.21 bits per heavy atom. The Hall–Kier alpha value is -0.120. The van der Waals surface area contributed by atoms with Gasteiger partial charge in [-0.3, -0.25) is 4.90 Å². The number of ether oxygens (including phenoxy) is 1. The maximum absolute atomic E-state index is 5.74. The van der Waals surface area contributed by atoms with E-state index in [0.29, 0.717) is 11.6 Å². The van der Waals surface area contributed by atoms with E-state index < -0.39 is 0 Å². The minimum Gasteiger partial charge on any atom is -0.380 e. The number of rotatable bonds is 6. The van der Waals surface area contributed by atoms with Crippen LogP contribution < -0.4 is 5.32 Å². The van der Waals surface area contributed by atoms with Crippen molar-refractivity contribution >= 4 is 0 Å². The van der Waals surface area contributed by atoms with Crippen molar-refractivity contribution in [3.05, 3.63) is 0 Å². The SMILES string of the molecule is CCCCOCCN1CC2(CCCCC2)NCC1C. The van der Waals surface area contributed by atoms with Gasteiger partial charge < -0.3 is 10.1 Å². The molecule has 2 aliphatic rings. The zero-order valence-corrected chi connectivity index (χ0v) is 12.9. The molecule has 1 heterocycles. The molecule has 0 aromatic heterocycles. The van der Waals surface area contributed by atoms with Crippen LogP contribution in [0.25, 0.3) is 0 Å². The number of unbranched alkanes of at least 4 members (excludes halogenated alkanes) is 1. The fourth-order valence-electron chi connectivity index (χ4n) is 3.49. The van der Waals surface area contributed by atoms with E-state index in [2.05, 4.69) is 24.1 Å². The van der Waals surface area contributed by atoms with E-state index in [9.17, 15) is 0 Å². The summed E-state index contributed by atoms with van der Waals surface area (Å²) < 4.78 is 5.74. The molecular weight excluding hydrogens is 236 g/mol. The van der Waals surface area contributed by atoms with Crippen LogP contribution in [0.2, 0.25) is 0 Å². The molecule has 1 N–H and O–H groups in total. The van der Waals surface area contributed by atoms with Crippen LogP contribution in [0.4, 0.5) is 0 Å². The highest BCUT2D eigenvalue weighted by Crippen LogP contribution is 2.31. The fraction of sp³-hybridized carbons (Fsp3) is 1.00. The molecular formula is C16H32N2O. The third-order valence-electron chi connectivity index (χ3n) is 4.88. The second-order valence-electron chi connectivity index (χ2n) is 6.51. The van der Waals surface area contributed by atoms with Gasteiger partial charge in [-0.25, -0.2) is 0 Å². The summed E-state index contributed by atoms with van der Waals surface area (Å²) in [5.74, 6) is 0. The molecule has 0 aromatic carbocycles. The smallest absolute Gasteiger partial charge is 0.0593 e. The Kier molecular flexibility index (Phi) is 6.11. The van der Waals surface area contributed by atoms with Crippen LogP contribution in [-0.4, -0.2) is 49.3 Å². The van der Waals surface area contributed by atoms with E-state index in [4.69, 9.17) is 4.74 Å². The van der Waals surface area contributed by atoms with Crippen LogP contribution >= 0.6 is 0 Å². The predicted octanol–water partition coefficient (Wildman–Crippen LogP) is 2.80. The number of piperazine rings is 1. The van der Waals surface area contributed by atoms with E-state index in [1.165, 1.54) is 51.5 Å². The molecule has 0 aromatic rings. The Labute approximate surface area is 119 Å². The van der Waals surface area contributed by atoms with Crippen molar-refractivity contribution in [1.82, 2.24) is 10.2 Å². The lowest BCUT2D eigenvalue weighted by atomic mass is 9.79. The summed E-state index contributed by atoms with van der Waals surface area (Å²) in [7, 11) is 0. The van der Waals surface area contributed by atoms with Gasteiger partial charge in [0.05, 0.1) is 6.61 Å². The molecule has 1 saturated heterocycles. The fourth-order valence-corrected chi connectivity index (χ4v) is 3.49. The topological polar surface area (TPSA) is 24.5 Å². The Balaban J connectivity index is 1.74. The second kappa shape index (κ2) is 7.61. The standard InChI is InChI=1S/C16H32N2O/c1-3-4-11-19-12-10-18-14-16(17-13-15(18)2)8-6-5-7-9-16/h15,17H,3-14H2,1-2H3. The quantitative estimate of drug-likeness (QED) is 0.750. The average molecular weight is 268 g/mol. The molecule has 2 fully saturated rings. The van der Waals surface area contributed by atoms with Gasteiger partial charge in [-0.05, 0) is 26.2 Å². The van der Waals surface area contributed by atoms with Crippen LogP contribution in [0.1, 0.15) is 58.8 Å². The van der Waals surface area contributed by atoms with E-state index in [1.54, 1.807) is 0 Å². The highest BCUT2D eigenvalue weighted by atomic mass is 16.5. The summed E-state index contributed by atoms with van der Waals surface area (Å²) in [6, 6.07) is 0.655. The van der Waals surface area contributed by atoms with Gasteiger partial charge in [0.25, 0.3) is 0 Å². The predicted molar refractivity (Wildman–Crippen MR) is 80.6 cm³/mol. The first-order valence-electron chi connectivity index (χ1n) is 8.32. The van der Waals surface area contributed by atoms with Crippen LogP contribution in [0.3, 0.4) is 0 Å². The van der Waals surface area contributed by atoms with Crippen molar-refractivity contribution in [2.45, 2.75) is 70.4 Å². The molecule has 3 heteroatoms. The molecule has 1 aliphatic carbocycles. The van der Waals surface area contributed by atoms with Crippen LogP contribution in [0, 0.1) is 0 Å². The molecule has 0 radical (unpaired) electrons. The van der Waals surface area contributed by atoms with Crippen molar-refractivity contribution in [2.75, 3.05) is 32.8 Å². The minimum atomic E-state index is 0.425. The molecule has 112 valence electrons. The molecule has 3 nitrogen and oxygen atoms in total. The molecule has 1 saturated carbocycles. The van der Waals surface area contributed by atoms with Crippen molar-refractivity contribution in [3.63, 3.8) is 0 Å². The Morgan fingerprint density at radius 3 is 2.74 bits per heavy atom. The van der Waals surface area contributed by atoms with Gasteiger partial charge in [0.1, 0.15) is 0 Å². The van der Waals surface area contributed by atoms with Crippen LogP contribution in [0.5, 0.6) is 0 Å². The summed E-state index contributed by atoms with van der Waals surface area (Å²) in [5, 5.41) is 3.84. The van der Waals surface area contributed by atoms with Crippen LogP contribution in [-0.2, 0) is 4.74 Å². The van der Waals surface area contributed by atoms with Gasteiger partial charge in [0.15, 0.2) is 0 Å². The highest BCUT2D eigenvalue weighted by Gasteiger charge is 2.38. The number of hydrogen-bond acceptors (Lipinski definition) is 3. The molecule has 1 unspecified atom stereocenters. The molecule has 1 aliphatic heterocycles. The molecule has 2 rings (SSSR count). The molecule has 0 bridgehead atoms. The van der Waals surface area contributed by atoms with Crippen molar-refractivity contribution in [2.24, 2.45) is 0 Å². The summed E-state index contributed by atoms with van der Waals surface area (Å²) >= 11 is 0. The maximum Gasteiger partial charge on any atom is 0.0593 e. The first-order valence-corrected chi connectivity index (χ1v) is 8.32. The first kappa shape index (κ1) is 15.3. The van der Waals surface area contributed by atoms with E-state index in [1.807, 2.05) is 0 Å². The normalized spacial score (nSPS) is 27.8. The molecule has 19 heavy (non-hydrogen) atoms. The number of hydrogen-bond donors (Lipinski definition) is 1. The zero-order valence-electron chi connectivity index (χ0n) is 12.9. The first-order chi connectivity index (χ1) is 9.26. The van der Waals surface area contributed by atoms with Gasteiger partial charge in [0, 0.05) is 37.8 Å². The average Bonchev–Trinajstić information content (AvgIpc) is 2.44. The Bertz CT molecular complexity index is 251. The number of nitrogens with one attached hydrogen (secondary N) is 1. The lowest BCUT2D eigenvalue weighted by Gasteiger charge is -2.49. The lowest BCUT2D eigenvalue weighted by Crippen LogP contribution is -2.64. The molecule has 1 spiro atoms. The molecule has 1 atom stereocenters. The Morgan fingerprint density at radius 2 is 2.00 bits per heavy atom. The van der Waals surface area contributed by atoms with Gasteiger partial charge in [-0.15, -0.1) is 0 Å². The number of nitrogens with zero attached hydrogens (tertiary/aromatic N) is 1. The van der Waals surface area contributed by atoms with Gasteiger partial charge in [-0.2, -0.15) is 0 Å². The van der Waals surface area contributed by atoms with E-state index in [0.717, 1.165) is 26.3 Å². The second-order valence-corrected chi connectivity index (χ2v) is 6.51. The summed E-state index contributed by atoms with van der Waals surface area (Å²) in [5.41, 5.74) is 0.425. The third kappa shape index (κ3) is 4.44. The van der Waals surface area contributed by atoms with E-state index >= 15 is 0 Å². The zero-order chi connectivity index (χ0) is 13.6. The summed E-state index contributed by atoms with van der Waals surface area (Å²) in [6.45, 7) is 9.88. The highest BCUT2D eigenvalue weighted by molar-refractivity contribution is 4.98. The van der Waals surface area contributed by atoms with Crippen molar-refractivity contribution in [3.8, 4) is 0 Å². The van der Waals surface area contributed by atoms with Gasteiger partial charge in [0.2, 0.25) is 0 Å².